The van der Waals surface area contributed by atoms with Gasteiger partial charge in [-0.05, 0) is 44.0 Å². The van der Waals surface area contributed by atoms with E-state index in [0.29, 0.717) is 54.3 Å². The van der Waals surface area contributed by atoms with Crippen molar-refractivity contribution in [3.8, 4) is 11.3 Å². The Morgan fingerprint density at radius 1 is 1.26 bits per heavy atom. The molecule has 1 aliphatic rings. The number of methoxy groups -OCH3 is 1. The van der Waals surface area contributed by atoms with Crippen molar-refractivity contribution in [2.24, 2.45) is 0 Å². The number of carbonyl (C=O) groups is 3. The lowest BCUT2D eigenvalue weighted by Crippen LogP contribution is -2.23. The fourth-order valence-electron chi connectivity index (χ4n) is 4.09. The van der Waals surface area contributed by atoms with E-state index in [2.05, 4.69) is 35.0 Å². The maximum Gasteiger partial charge on any atom is 0.411 e. The van der Waals surface area contributed by atoms with Crippen molar-refractivity contribution in [2.45, 2.75) is 70.9 Å². The second kappa shape index (κ2) is 13.3. The van der Waals surface area contributed by atoms with E-state index in [1.54, 1.807) is 29.7 Å². The van der Waals surface area contributed by atoms with Crippen LogP contribution in [0.5, 0.6) is 0 Å². The molecular formula is C26H37ClN4O6Si. The minimum absolute atomic E-state index is 0.130. The zero-order valence-corrected chi connectivity index (χ0v) is 24.4. The van der Waals surface area contributed by atoms with E-state index in [9.17, 15) is 14.4 Å². The van der Waals surface area contributed by atoms with Crippen LogP contribution in [0.15, 0.2) is 18.2 Å². The standard InChI is InChI=1S/C26H37ClN4O6Si/c1-6-37-25(33)19-9-7-8-10-21(32)29-20-15-17(28-26(34)35-2)11-12-18(20)22-23(27)31(24(19)30-22)16-36-13-14-38(3,4)5/h11-12,15,19H,6-10,13-14,16H2,1-5H3,(H,28,34)(H,29,32). The predicted molar refractivity (Wildman–Crippen MR) is 149 cm³/mol. The summed E-state index contributed by atoms with van der Waals surface area (Å²) < 4.78 is 17.8. The quantitative estimate of drug-likeness (QED) is 0.234. The summed E-state index contributed by atoms with van der Waals surface area (Å²) in [5, 5.41) is 5.81. The van der Waals surface area contributed by atoms with Gasteiger partial charge in [-0.2, -0.15) is 0 Å². The summed E-state index contributed by atoms with van der Waals surface area (Å²) in [6, 6.07) is 5.97. The number of imidazole rings is 1. The van der Waals surface area contributed by atoms with Crippen molar-refractivity contribution in [1.82, 2.24) is 9.55 Å². The average Bonchev–Trinajstić information content (AvgIpc) is 3.16. The zero-order valence-electron chi connectivity index (χ0n) is 22.7. The number of amides is 2. The van der Waals surface area contributed by atoms with Crippen LogP contribution in [0.1, 0.15) is 44.3 Å². The van der Waals surface area contributed by atoms with Crippen molar-refractivity contribution in [3.05, 3.63) is 29.2 Å². The second-order valence-electron chi connectivity index (χ2n) is 10.4. The van der Waals surface area contributed by atoms with Crippen molar-refractivity contribution in [2.75, 3.05) is 31.0 Å². The first kappa shape index (κ1) is 29.7. The molecule has 1 atom stereocenters. The Bertz CT molecular complexity index is 1160. The van der Waals surface area contributed by atoms with Gasteiger partial charge in [-0.3, -0.25) is 19.5 Å². The molecule has 2 amide bonds. The van der Waals surface area contributed by atoms with Crippen molar-refractivity contribution in [3.63, 3.8) is 0 Å². The molecule has 12 heteroatoms. The van der Waals surface area contributed by atoms with Crippen LogP contribution in [-0.2, 0) is 30.5 Å². The van der Waals surface area contributed by atoms with Crippen molar-refractivity contribution >= 4 is 49.0 Å². The number of fused-ring (bicyclic) bond motifs is 4. The first-order valence-corrected chi connectivity index (χ1v) is 16.9. The first-order valence-electron chi connectivity index (χ1n) is 12.8. The molecule has 3 rings (SSSR count). The normalized spacial score (nSPS) is 15.9. The average molecular weight is 565 g/mol. The smallest absolute Gasteiger partial charge is 0.411 e. The number of hydrogen-bond donors (Lipinski definition) is 2. The van der Waals surface area contributed by atoms with Crippen molar-refractivity contribution < 1.29 is 28.6 Å². The number of anilines is 2. The molecule has 0 saturated heterocycles. The Morgan fingerprint density at radius 2 is 2.03 bits per heavy atom. The van der Waals surface area contributed by atoms with Gasteiger partial charge in [0.1, 0.15) is 29.3 Å². The molecule has 1 aromatic carbocycles. The van der Waals surface area contributed by atoms with E-state index < -0.39 is 20.1 Å². The van der Waals surface area contributed by atoms with Gasteiger partial charge in [0.05, 0.1) is 19.4 Å². The summed E-state index contributed by atoms with van der Waals surface area (Å²) in [6.45, 7) is 9.52. The second-order valence-corrected chi connectivity index (χ2v) is 16.3. The summed E-state index contributed by atoms with van der Waals surface area (Å²) in [5.41, 5.74) is 1.79. The number of benzene rings is 1. The third-order valence-electron chi connectivity index (χ3n) is 6.16. The number of nitrogens with zero attached hydrogens (tertiary/aromatic N) is 2. The van der Waals surface area contributed by atoms with Crippen LogP contribution in [0.2, 0.25) is 30.8 Å². The molecule has 0 radical (unpaired) electrons. The van der Waals surface area contributed by atoms with Gasteiger partial charge in [0, 0.05) is 32.4 Å². The van der Waals surface area contributed by atoms with E-state index >= 15 is 0 Å². The lowest BCUT2D eigenvalue weighted by molar-refractivity contribution is -0.145. The summed E-state index contributed by atoms with van der Waals surface area (Å²) >= 11 is 6.90. The van der Waals surface area contributed by atoms with Crippen LogP contribution < -0.4 is 10.6 Å². The molecule has 2 bridgehead atoms. The number of esters is 1. The molecule has 1 aliphatic heterocycles. The SMILES string of the molecule is CCOC(=O)C1CCCCC(=O)Nc2cc(NC(=O)OC)ccc2-c2nc1n(COCC[Si](C)(C)C)c2Cl. The number of carbonyl (C=O) groups excluding carboxylic acids is 3. The Balaban J connectivity index is 2.11. The molecule has 1 aromatic heterocycles. The monoisotopic (exact) mass is 564 g/mol. The predicted octanol–water partition coefficient (Wildman–Crippen LogP) is 5.85. The number of halogens is 1. The number of aromatic nitrogens is 2. The Kier molecular flexibility index (Phi) is 10.3. The third kappa shape index (κ3) is 7.81. The van der Waals surface area contributed by atoms with Gasteiger partial charge in [0.25, 0.3) is 0 Å². The molecule has 2 aromatic rings. The Hall–Kier alpha value is -2.89. The van der Waals surface area contributed by atoms with Crippen LogP contribution in [0, 0.1) is 0 Å². The third-order valence-corrected chi connectivity index (χ3v) is 8.25. The molecule has 0 aliphatic carbocycles. The highest BCUT2D eigenvalue weighted by Crippen LogP contribution is 2.38. The molecule has 208 valence electrons. The van der Waals surface area contributed by atoms with Gasteiger partial charge in [0.15, 0.2) is 0 Å². The molecular weight excluding hydrogens is 528 g/mol. The van der Waals surface area contributed by atoms with E-state index in [0.717, 1.165) is 6.04 Å². The minimum Gasteiger partial charge on any atom is -0.465 e. The van der Waals surface area contributed by atoms with Gasteiger partial charge in [-0.25, -0.2) is 9.78 Å². The Labute approximate surface area is 229 Å². The molecule has 38 heavy (non-hydrogen) atoms. The van der Waals surface area contributed by atoms with Crippen LogP contribution in [-0.4, -0.2) is 55.9 Å². The summed E-state index contributed by atoms with van der Waals surface area (Å²) in [5.74, 6) is -0.775. The number of nitrogens with one attached hydrogen (secondary N) is 2. The fraction of sp³-hybridized carbons (Fsp3) is 0.538. The molecule has 0 saturated carbocycles. The molecule has 0 spiro atoms. The zero-order chi connectivity index (χ0) is 27.9. The topological polar surface area (TPSA) is 121 Å². The van der Waals surface area contributed by atoms with Crippen LogP contribution >= 0.6 is 11.6 Å². The lowest BCUT2D eigenvalue weighted by Gasteiger charge is -2.19. The summed E-state index contributed by atoms with van der Waals surface area (Å²) in [7, 11) is -0.0378. The van der Waals surface area contributed by atoms with Gasteiger partial charge in [0.2, 0.25) is 5.91 Å². The van der Waals surface area contributed by atoms with Crippen LogP contribution in [0.4, 0.5) is 16.2 Å². The van der Waals surface area contributed by atoms with Gasteiger partial charge >= 0.3 is 12.1 Å². The van der Waals surface area contributed by atoms with E-state index in [1.165, 1.54) is 7.11 Å². The molecule has 2 heterocycles. The van der Waals surface area contributed by atoms with Gasteiger partial charge < -0.3 is 19.5 Å². The lowest BCUT2D eigenvalue weighted by atomic mass is 9.99. The summed E-state index contributed by atoms with van der Waals surface area (Å²) in [6.07, 6.45) is 1.28. The highest BCUT2D eigenvalue weighted by atomic mass is 35.5. The highest BCUT2D eigenvalue weighted by Gasteiger charge is 2.31. The van der Waals surface area contributed by atoms with E-state index in [-0.39, 0.29) is 36.8 Å². The first-order chi connectivity index (χ1) is 18.0. The van der Waals surface area contributed by atoms with Crippen LogP contribution in [0.25, 0.3) is 11.3 Å². The Morgan fingerprint density at radius 3 is 2.71 bits per heavy atom. The molecule has 1 unspecified atom stereocenters. The number of hydrogen-bond acceptors (Lipinski definition) is 7. The number of ether oxygens (including phenoxy) is 3. The molecule has 0 fully saturated rings. The maximum atomic E-state index is 13.0. The highest BCUT2D eigenvalue weighted by molar-refractivity contribution is 6.76. The molecule has 10 nitrogen and oxygen atoms in total. The minimum atomic E-state index is -1.31. The van der Waals surface area contributed by atoms with Gasteiger partial charge in [-0.15, -0.1) is 0 Å². The summed E-state index contributed by atoms with van der Waals surface area (Å²) in [4.78, 5) is 42.4. The van der Waals surface area contributed by atoms with Crippen molar-refractivity contribution in [1.29, 1.82) is 0 Å². The van der Waals surface area contributed by atoms with Crippen LogP contribution in [0.3, 0.4) is 0 Å². The fourth-order valence-corrected chi connectivity index (χ4v) is 5.12. The number of rotatable bonds is 8. The van der Waals surface area contributed by atoms with E-state index in [4.69, 9.17) is 26.1 Å². The maximum absolute atomic E-state index is 13.0. The van der Waals surface area contributed by atoms with Gasteiger partial charge in [-0.1, -0.05) is 37.7 Å². The van der Waals surface area contributed by atoms with E-state index in [1.807, 2.05) is 0 Å². The molecule has 2 N–H and O–H groups in total. The largest absolute Gasteiger partial charge is 0.465 e.